The van der Waals surface area contributed by atoms with E-state index in [1.54, 1.807) is 19.9 Å². The van der Waals surface area contributed by atoms with Crippen molar-refractivity contribution in [1.82, 2.24) is 0 Å². The van der Waals surface area contributed by atoms with Gasteiger partial charge in [-0.25, -0.2) is 8.78 Å². The zero-order valence-corrected chi connectivity index (χ0v) is 9.63. The van der Waals surface area contributed by atoms with Crippen LogP contribution >= 0.6 is 0 Å². The Balaban J connectivity index is 2.43. The second kappa shape index (κ2) is 4.30. The number of hydrogen-bond donors (Lipinski definition) is 1. The van der Waals surface area contributed by atoms with Crippen LogP contribution in [0.1, 0.15) is 28.7 Å². The molecule has 2 rings (SSSR count). The van der Waals surface area contributed by atoms with Crippen LogP contribution in [0.2, 0.25) is 0 Å². The SMILES string of the molecule is Cc1cc(C(N)c2ccc(F)cc2F)c(C)o1. The third-order valence-corrected chi connectivity index (χ3v) is 2.71. The maximum Gasteiger partial charge on any atom is 0.131 e. The van der Waals surface area contributed by atoms with Crippen molar-refractivity contribution < 1.29 is 13.2 Å². The standard InChI is InChI=1S/C13H13F2NO/c1-7-5-11(8(2)17-7)13(16)10-4-3-9(14)6-12(10)15/h3-6,13H,16H2,1-2H3. The zero-order chi connectivity index (χ0) is 12.6. The molecule has 2 N–H and O–H groups in total. The molecule has 1 aromatic carbocycles. The maximum atomic E-state index is 13.6. The summed E-state index contributed by atoms with van der Waals surface area (Å²) in [7, 11) is 0. The number of halogens is 2. The lowest BCUT2D eigenvalue weighted by Gasteiger charge is -2.12. The van der Waals surface area contributed by atoms with Crippen molar-refractivity contribution in [2.75, 3.05) is 0 Å². The Bertz CT molecular complexity index is 548. The molecule has 1 unspecified atom stereocenters. The second-order valence-electron chi connectivity index (χ2n) is 4.01. The summed E-state index contributed by atoms with van der Waals surface area (Å²) in [5.41, 5.74) is 6.93. The first-order valence-electron chi connectivity index (χ1n) is 5.26. The molecule has 2 nitrogen and oxygen atoms in total. The highest BCUT2D eigenvalue weighted by atomic mass is 19.1. The fraction of sp³-hybridized carbons (Fsp3) is 0.231. The predicted octanol–water partition coefficient (Wildman–Crippen LogP) is 3.22. The largest absolute Gasteiger partial charge is 0.466 e. The Kier molecular flexibility index (Phi) is 2.98. The van der Waals surface area contributed by atoms with Crippen molar-refractivity contribution in [3.8, 4) is 0 Å². The number of aryl methyl sites for hydroxylation is 2. The average molecular weight is 237 g/mol. The van der Waals surface area contributed by atoms with Gasteiger partial charge in [0.25, 0.3) is 0 Å². The topological polar surface area (TPSA) is 39.2 Å². The summed E-state index contributed by atoms with van der Waals surface area (Å²) in [6.45, 7) is 3.56. The van der Waals surface area contributed by atoms with Crippen molar-refractivity contribution in [3.63, 3.8) is 0 Å². The fourth-order valence-electron chi connectivity index (χ4n) is 1.88. The molecule has 0 spiro atoms. The third-order valence-electron chi connectivity index (χ3n) is 2.71. The van der Waals surface area contributed by atoms with Gasteiger partial charge in [-0.3, -0.25) is 0 Å². The lowest BCUT2D eigenvalue weighted by molar-refractivity contribution is 0.498. The highest BCUT2D eigenvalue weighted by Gasteiger charge is 2.18. The third kappa shape index (κ3) is 2.22. The lowest BCUT2D eigenvalue weighted by atomic mass is 9.99. The summed E-state index contributed by atoms with van der Waals surface area (Å²) >= 11 is 0. The number of nitrogens with two attached hydrogens (primary N) is 1. The molecule has 1 heterocycles. The molecule has 1 atom stereocenters. The Labute approximate surface area is 98.0 Å². The van der Waals surface area contributed by atoms with Crippen molar-refractivity contribution in [2.45, 2.75) is 19.9 Å². The maximum absolute atomic E-state index is 13.6. The van der Waals surface area contributed by atoms with E-state index in [0.29, 0.717) is 11.3 Å². The van der Waals surface area contributed by atoms with E-state index in [0.717, 1.165) is 11.8 Å². The molecule has 0 aliphatic heterocycles. The van der Waals surface area contributed by atoms with Gasteiger partial charge in [0.15, 0.2) is 0 Å². The van der Waals surface area contributed by atoms with Gasteiger partial charge in [0.2, 0.25) is 0 Å². The van der Waals surface area contributed by atoms with E-state index in [4.69, 9.17) is 10.2 Å². The average Bonchev–Trinajstić information content (AvgIpc) is 2.57. The van der Waals surface area contributed by atoms with Gasteiger partial charge in [-0.2, -0.15) is 0 Å². The zero-order valence-electron chi connectivity index (χ0n) is 9.63. The van der Waals surface area contributed by atoms with E-state index in [-0.39, 0.29) is 5.56 Å². The molecule has 0 aliphatic rings. The Morgan fingerprint density at radius 2 is 1.82 bits per heavy atom. The van der Waals surface area contributed by atoms with E-state index >= 15 is 0 Å². The van der Waals surface area contributed by atoms with Crippen LogP contribution in [0.3, 0.4) is 0 Å². The van der Waals surface area contributed by atoms with Gasteiger partial charge in [-0.15, -0.1) is 0 Å². The summed E-state index contributed by atoms with van der Waals surface area (Å²) in [6.07, 6.45) is 0. The van der Waals surface area contributed by atoms with Crippen LogP contribution in [0.4, 0.5) is 8.78 Å². The first-order valence-corrected chi connectivity index (χ1v) is 5.26. The molecule has 0 amide bonds. The minimum Gasteiger partial charge on any atom is -0.466 e. The molecular formula is C13H13F2NO. The van der Waals surface area contributed by atoms with E-state index in [2.05, 4.69) is 0 Å². The lowest BCUT2D eigenvalue weighted by Crippen LogP contribution is -2.14. The molecule has 90 valence electrons. The summed E-state index contributed by atoms with van der Waals surface area (Å²) in [6, 6.07) is 4.51. The van der Waals surface area contributed by atoms with Crippen molar-refractivity contribution in [3.05, 3.63) is 58.5 Å². The van der Waals surface area contributed by atoms with Crippen LogP contribution in [-0.2, 0) is 0 Å². The minimum atomic E-state index is -0.645. The second-order valence-corrected chi connectivity index (χ2v) is 4.01. The summed E-state index contributed by atoms with van der Waals surface area (Å²) in [4.78, 5) is 0. The van der Waals surface area contributed by atoms with E-state index in [9.17, 15) is 8.78 Å². The summed E-state index contributed by atoms with van der Waals surface area (Å²) in [5, 5.41) is 0. The van der Waals surface area contributed by atoms with Crippen LogP contribution in [-0.4, -0.2) is 0 Å². The highest BCUT2D eigenvalue weighted by molar-refractivity contribution is 5.34. The number of furan rings is 1. The normalized spacial score (nSPS) is 12.8. The molecular weight excluding hydrogens is 224 g/mol. The fourth-order valence-corrected chi connectivity index (χ4v) is 1.88. The van der Waals surface area contributed by atoms with E-state index < -0.39 is 17.7 Å². The van der Waals surface area contributed by atoms with Gasteiger partial charge >= 0.3 is 0 Å². The quantitative estimate of drug-likeness (QED) is 0.871. The molecule has 4 heteroatoms. The van der Waals surface area contributed by atoms with E-state index in [1.165, 1.54) is 12.1 Å². The molecule has 17 heavy (non-hydrogen) atoms. The molecule has 0 saturated heterocycles. The van der Waals surface area contributed by atoms with Gasteiger partial charge < -0.3 is 10.2 Å². The summed E-state index contributed by atoms with van der Waals surface area (Å²) < 4.78 is 31.7. The molecule has 0 saturated carbocycles. The van der Waals surface area contributed by atoms with Gasteiger partial charge in [0, 0.05) is 17.2 Å². The molecule has 0 bridgehead atoms. The van der Waals surface area contributed by atoms with Gasteiger partial charge in [-0.1, -0.05) is 6.07 Å². The Morgan fingerprint density at radius 1 is 1.12 bits per heavy atom. The van der Waals surface area contributed by atoms with Crippen LogP contribution in [0, 0.1) is 25.5 Å². The number of rotatable bonds is 2. The molecule has 1 aromatic heterocycles. The molecule has 0 radical (unpaired) electrons. The number of hydrogen-bond acceptors (Lipinski definition) is 2. The smallest absolute Gasteiger partial charge is 0.131 e. The molecule has 0 aliphatic carbocycles. The van der Waals surface area contributed by atoms with Crippen molar-refractivity contribution >= 4 is 0 Å². The van der Waals surface area contributed by atoms with Crippen LogP contribution in [0.15, 0.2) is 28.7 Å². The number of benzene rings is 1. The first kappa shape index (κ1) is 11.8. The summed E-state index contributed by atoms with van der Waals surface area (Å²) in [5.74, 6) is 0.114. The van der Waals surface area contributed by atoms with Gasteiger partial charge in [0.1, 0.15) is 23.2 Å². The van der Waals surface area contributed by atoms with Gasteiger partial charge in [-0.05, 0) is 26.0 Å². The van der Waals surface area contributed by atoms with Gasteiger partial charge in [0.05, 0.1) is 6.04 Å². The Hall–Kier alpha value is -1.68. The van der Waals surface area contributed by atoms with Crippen LogP contribution in [0.25, 0.3) is 0 Å². The first-order chi connectivity index (χ1) is 7.99. The van der Waals surface area contributed by atoms with Crippen molar-refractivity contribution in [1.29, 1.82) is 0 Å². The van der Waals surface area contributed by atoms with Crippen LogP contribution in [0.5, 0.6) is 0 Å². The van der Waals surface area contributed by atoms with Crippen molar-refractivity contribution in [2.24, 2.45) is 5.73 Å². The molecule has 0 fully saturated rings. The minimum absolute atomic E-state index is 0.260. The van der Waals surface area contributed by atoms with Crippen LogP contribution < -0.4 is 5.73 Å². The molecule has 2 aromatic rings. The van der Waals surface area contributed by atoms with E-state index in [1.807, 2.05) is 0 Å². The highest BCUT2D eigenvalue weighted by Crippen LogP contribution is 2.27. The monoisotopic (exact) mass is 237 g/mol. The Morgan fingerprint density at radius 3 is 2.35 bits per heavy atom. The predicted molar refractivity (Wildman–Crippen MR) is 60.6 cm³/mol.